The number of nitrogens with one attached hydrogen (secondary N) is 4. The van der Waals surface area contributed by atoms with Crippen LogP contribution in [0.15, 0.2) is 47.1 Å². The van der Waals surface area contributed by atoms with Gasteiger partial charge in [0.2, 0.25) is 11.8 Å². The number of carbonyl (C=O) groups excluding carboxylic acids is 3. The van der Waals surface area contributed by atoms with Gasteiger partial charge in [-0.3, -0.25) is 9.59 Å². The molecule has 1 fully saturated rings. The van der Waals surface area contributed by atoms with Crippen LogP contribution in [0.4, 0.5) is 16.2 Å². The summed E-state index contributed by atoms with van der Waals surface area (Å²) in [7, 11) is 0. The summed E-state index contributed by atoms with van der Waals surface area (Å²) >= 11 is 0. The lowest BCUT2D eigenvalue weighted by molar-refractivity contribution is -0.126. The van der Waals surface area contributed by atoms with E-state index >= 15 is 0 Å². The lowest BCUT2D eigenvalue weighted by atomic mass is 9.97. The van der Waals surface area contributed by atoms with Gasteiger partial charge in [0.15, 0.2) is 0 Å². The van der Waals surface area contributed by atoms with Gasteiger partial charge in [0.05, 0.1) is 12.8 Å². The average molecular weight is 398 g/mol. The zero-order chi connectivity index (χ0) is 20.6. The molecule has 1 aliphatic rings. The molecule has 2 aromatic rings. The van der Waals surface area contributed by atoms with Crippen LogP contribution < -0.4 is 21.3 Å². The molecule has 0 spiro atoms. The van der Waals surface area contributed by atoms with Crippen molar-refractivity contribution in [1.82, 2.24) is 10.6 Å². The summed E-state index contributed by atoms with van der Waals surface area (Å²) in [5, 5.41) is 11.0. The SMILES string of the molecule is CC(=O)NC(C(=O)Nc1ccc(NC(=O)NCc2ccco2)cc1)C1CCCC1. The molecule has 0 aliphatic heterocycles. The molecule has 154 valence electrons. The largest absolute Gasteiger partial charge is 0.467 e. The summed E-state index contributed by atoms with van der Waals surface area (Å²) in [6.07, 6.45) is 5.58. The number of urea groups is 1. The van der Waals surface area contributed by atoms with Crippen LogP contribution in [0.3, 0.4) is 0 Å². The van der Waals surface area contributed by atoms with E-state index in [9.17, 15) is 14.4 Å². The van der Waals surface area contributed by atoms with Crippen LogP contribution in [0.25, 0.3) is 0 Å². The monoisotopic (exact) mass is 398 g/mol. The molecule has 4 N–H and O–H groups in total. The molecule has 1 saturated carbocycles. The minimum Gasteiger partial charge on any atom is -0.467 e. The predicted octanol–water partition coefficient (Wildman–Crippen LogP) is 3.23. The molecule has 4 amide bonds. The van der Waals surface area contributed by atoms with Crippen molar-refractivity contribution >= 4 is 29.2 Å². The van der Waals surface area contributed by atoms with E-state index in [1.165, 1.54) is 6.92 Å². The fourth-order valence-corrected chi connectivity index (χ4v) is 3.52. The Morgan fingerprint density at radius 2 is 1.69 bits per heavy atom. The molecule has 1 unspecified atom stereocenters. The summed E-state index contributed by atoms with van der Waals surface area (Å²) in [6.45, 7) is 1.71. The third-order valence-electron chi connectivity index (χ3n) is 4.93. The number of amides is 4. The second-order valence-electron chi connectivity index (χ2n) is 7.18. The van der Waals surface area contributed by atoms with Gasteiger partial charge in [-0.25, -0.2) is 4.79 Å². The van der Waals surface area contributed by atoms with Crippen molar-refractivity contribution in [3.8, 4) is 0 Å². The highest BCUT2D eigenvalue weighted by Gasteiger charge is 2.31. The maximum Gasteiger partial charge on any atom is 0.319 e. The van der Waals surface area contributed by atoms with Gasteiger partial charge in [-0.05, 0) is 55.2 Å². The third-order valence-corrected chi connectivity index (χ3v) is 4.93. The van der Waals surface area contributed by atoms with Gasteiger partial charge < -0.3 is 25.7 Å². The quantitative estimate of drug-likeness (QED) is 0.573. The molecule has 0 bridgehead atoms. The van der Waals surface area contributed by atoms with E-state index in [0.717, 1.165) is 25.7 Å². The Morgan fingerprint density at radius 3 is 2.28 bits per heavy atom. The molecule has 1 heterocycles. The fraction of sp³-hybridized carbons (Fsp3) is 0.381. The van der Waals surface area contributed by atoms with E-state index in [1.807, 2.05) is 0 Å². The molecule has 1 atom stereocenters. The molecule has 0 radical (unpaired) electrons. The zero-order valence-corrected chi connectivity index (χ0v) is 16.4. The van der Waals surface area contributed by atoms with Crippen LogP contribution in [0.5, 0.6) is 0 Å². The van der Waals surface area contributed by atoms with Gasteiger partial charge in [-0.15, -0.1) is 0 Å². The molecule has 8 nitrogen and oxygen atoms in total. The van der Waals surface area contributed by atoms with Gasteiger partial charge in [0.25, 0.3) is 0 Å². The molecule has 1 aromatic heterocycles. The number of hydrogen-bond donors (Lipinski definition) is 4. The summed E-state index contributed by atoms with van der Waals surface area (Å²) in [4.78, 5) is 36.1. The molecule has 3 rings (SSSR count). The highest BCUT2D eigenvalue weighted by atomic mass is 16.3. The number of benzene rings is 1. The van der Waals surface area contributed by atoms with Crippen molar-refractivity contribution in [2.24, 2.45) is 5.92 Å². The van der Waals surface area contributed by atoms with Gasteiger partial charge in [0.1, 0.15) is 11.8 Å². The molecule has 8 heteroatoms. The molecular formula is C21H26N4O4. The fourth-order valence-electron chi connectivity index (χ4n) is 3.52. The van der Waals surface area contributed by atoms with E-state index in [-0.39, 0.29) is 23.8 Å². The van der Waals surface area contributed by atoms with Crippen molar-refractivity contribution in [2.45, 2.75) is 45.2 Å². The van der Waals surface area contributed by atoms with Crippen molar-refractivity contribution in [2.75, 3.05) is 10.6 Å². The third kappa shape index (κ3) is 6.10. The lowest BCUT2D eigenvalue weighted by Crippen LogP contribution is -2.47. The highest BCUT2D eigenvalue weighted by molar-refractivity contribution is 5.97. The second-order valence-corrected chi connectivity index (χ2v) is 7.18. The Hall–Kier alpha value is -3.29. The first-order valence-corrected chi connectivity index (χ1v) is 9.76. The smallest absolute Gasteiger partial charge is 0.319 e. The molecule has 0 saturated heterocycles. The van der Waals surface area contributed by atoms with Gasteiger partial charge in [0, 0.05) is 18.3 Å². The van der Waals surface area contributed by atoms with E-state index in [0.29, 0.717) is 23.7 Å². The normalized spacial score (nSPS) is 14.8. The number of carbonyl (C=O) groups is 3. The van der Waals surface area contributed by atoms with Crippen molar-refractivity contribution in [1.29, 1.82) is 0 Å². The van der Waals surface area contributed by atoms with Crippen molar-refractivity contribution < 1.29 is 18.8 Å². The number of furan rings is 1. The first-order valence-electron chi connectivity index (χ1n) is 9.76. The average Bonchev–Trinajstić information content (AvgIpc) is 3.40. The van der Waals surface area contributed by atoms with Crippen LogP contribution in [0.1, 0.15) is 38.4 Å². The first kappa shape index (κ1) is 20.4. The van der Waals surface area contributed by atoms with E-state index in [2.05, 4.69) is 21.3 Å². The Balaban J connectivity index is 1.52. The Morgan fingerprint density at radius 1 is 1.03 bits per heavy atom. The molecule has 1 aromatic carbocycles. The summed E-state index contributed by atoms with van der Waals surface area (Å²) in [5.74, 6) is 0.396. The topological polar surface area (TPSA) is 112 Å². The Bertz CT molecular complexity index is 827. The Labute approximate surface area is 169 Å². The van der Waals surface area contributed by atoms with E-state index in [4.69, 9.17) is 4.42 Å². The van der Waals surface area contributed by atoms with Crippen molar-refractivity contribution in [3.05, 3.63) is 48.4 Å². The first-order chi connectivity index (χ1) is 14.0. The maximum atomic E-state index is 12.7. The van der Waals surface area contributed by atoms with Gasteiger partial charge in [-0.2, -0.15) is 0 Å². The van der Waals surface area contributed by atoms with Crippen LogP contribution in [-0.2, 0) is 16.1 Å². The number of hydrogen-bond acceptors (Lipinski definition) is 4. The highest BCUT2D eigenvalue weighted by Crippen LogP contribution is 2.28. The van der Waals surface area contributed by atoms with Crippen LogP contribution >= 0.6 is 0 Å². The molecule has 1 aliphatic carbocycles. The summed E-state index contributed by atoms with van der Waals surface area (Å²) < 4.78 is 5.16. The Kier molecular flexibility index (Phi) is 6.89. The van der Waals surface area contributed by atoms with E-state index in [1.54, 1.807) is 42.7 Å². The summed E-state index contributed by atoms with van der Waals surface area (Å²) in [5.41, 5.74) is 1.19. The minimum atomic E-state index is -0.528. The van der Waals surface area contributed by atoms with Crippen LogP contribution in [0, 0.1) is 5.92 Å². The lowest BCUT2D eigenvalue weighted by Gasteiger charge is -2.23. The van der Waals surface area contributed by atoms with Gasteiger partial charge >= 0.3 is 6.03 Å². The summed E-state index contributed by atoms with van der Waals surface area (Å²) in [6, 6.07) is 9.46. The second kappa shape index (κ2) is 9.77. The maximum absolute atomic E-state index is 12.7. The van der Waals surface area contributed by atoms with Crippen LogP contribution in [-0.4, -0.2) is 23.9 Å². The van der Waals surface area contributed by atoms with Gasteiger partial charge in [-0.1, -0.05) is 12.8 Å². The minimum absolute atomic E-state index is 0.165. The van der Waals surface area contributed by atoms with Crippen LogP contribution in [0.2, 0.25) is 0 Å². The number of rotatable bonds is 7. The molecule has 29 heavy (non-hydrogen) atoms. The standard InChI is InChI=1S/C21H26N4O4/c1-14(26)23-19(15-5-2-3-6-15)20(27)24-16-8-10-17(11-9-16)25-21(28)22-13-18-7-4-12-29-18/h4,7-12,15,19H,2-3,5-6,13H2,1H3,(H,23,26)(H,24,27)(H2,22,25,28). The molecular weight excluding hydrogens is 372 g/mol. The van der Waals surface area contributed by atoms with Crippen molar-refractivity contribution in [3.63, 3.8) is 0 Å². The zero-order valence-electron chi connectivity index (χ0n) is 16.4. The van der Waals surface area contributed by atoms with E-state index < -0.39 is 6.04 Å². The number of anilines is 2. The predicted molar refractivity (Wildman–Crippen MR) is 109 cm³/mol.